The van der Waals surface area contributed by atoms with Crippen molar-refractivity contribution in [2.24, 2.45) is 0 Å². The van der Waals surface area contributed by atoms with E-state index in [1.807, 2.05) is 25.1 Å². The molecule has 2 heterocycles. The van der Waals surface area contributed by atoms with Gasteiger partial charge in [-0.15, -0.1) is 0 Å². The average molecular weight is 287 g/mol. The summed E-state index contributed by atoms with van der Waals surface area (Å²) in [4.78, 5) is 13.4. The summed E-state index contributed by atoms with van der Waals surface area (Å²) in [5.74, 6) is 1.75. The van der Waals surface area contributed by atoms with Crippen LogP contribution in [0.3, 0.4) is 0 Å². The minimum absolute atomic E-state index is 0.481. The predicted molar refractivity (Wildman–Crippen MR) is 80.0 cm³/mol. The van der Waals surface area contributed by atoms with Crippen LogP contribution < -0.4 is 0 Å². The minimum Gasteiger partial charge on any atom is -0.320 e. The molecule has 0 N–H and O–H groups in total. The highest BCUT2D eigenvalue weighted by Gasteiger charge is 2.11. The van der Waals surface area contributed by atoms with E-state index in [2.05, 4.69) is 32.5 Å². The lowest BCUT2D eigenvalue weighted by Gasteiger charge is -2.08. The highest BCUT2D eigenvalue weighted by molar-refractivity contribution is 6.29. The molecule has 0 unspecified atom stereocenters. The van der Waals surface area contributed by atoms with E-state index in [0.29, 0.717) is 17.5 Å². The van der Waals surface area contributed by atoms with Gasteiger partial charge < -0.3 is 4.57 Å². The van der Waals surface area contributed by atoms with Gasteiger partial charge in [0.1, 0.15) is 16.8 Å². The maximum Gasteiger partial charge on any atom is 0.150 e. The van der Waals surface area contributed by atoms with E-state index in [1.54, 1.807) is 6.07 Å². The summed E-state index contributed by atoms with van der Waals surface area (Å²) in [6.07, 6.45) is 0.869. The van der Waals surface area contributed by atoms with Crippen molar-refractivity contribution in [3.63, 3.8) is 0 Å². The van der Waals surface area contributed by atoms with Crippen molar-refractivity contribution in [3.05, 3.63) is 52.8 Å². The fourth-order valence-corrected chi connectivity index (χ4v) is 2.63. The van der Waals surface area contributed by atoms with E-state index in [9.17, 15) is 0 Å². The molecule has 0 amide bonds. The summed E-state index contributed by atoms with van der Waals surface area (Å²) < 4.78 is 2.15. The lowest BCUT2D eigenvalue weighted by Crippen LogP contribution is -2.08. The fourth-order valence-electron chi connectivity index (χ4n) is 2.37. The molecular formula is C15H15ClN4. The largest absolute Gasteiger partial charge is 0.320 e. The Bertz CT molecular complexity index is 743. The molecule has 5 heteroatoms. The van der Waals surface area contributed by atoms with Crippen molar-refractivity contribution in [2.75, 3.05) is 0 Å². The molecule has 2 aromatic heterocycles. The molecule has 3 rings (SSSR count). The van der Waals surface area contributed by atoms with Crippen LogP contribution in [0.1, 0.15) is 24.3 Å². The van der Waals surface area contributed by atoms with Gasteiger partial charge in [-0.2, -0.15) is 0 Å². The van der Waals surface area contributed by atoms with Gasteiger partial charge in [0.05, 0.1) is 17.6 Å². The summed E-state index contributed by atoms with van der Waals surface area (Å²) in [6, 6.07) is 9.87. The number of aryl methyl sites for hydroxylation is 2. The van der Waals surface area contributed by atoms with Gasteiger partial charge in [-0.3, -0.25) is 0 Å². The van der Waals surface area contributed by atoms with Crippen LogP contribution in [-0.4, -0.2) is 19.5 Å². The Labute approximate surface area is 122 Å². The molecule has 3 aromatic rings. The first kappa shape index (κ1) is 13.1. The normalized spacial score (nSPS) is 11.2. The maximum absolute atomic E-state index is 6.01. The molecule has 0 fully saturated rings. The van der Waals surface area contributed by atoms with Crippen LogP contribution in [0, 0.1) is 6.92 Å². The van der Waals surface area contributed by atoms with Gasteiger partial charge in [-0.1, -0.05) is 30.7 Å². The first-order valence-electron chi connectivity index (χ1n) is 6.61. The summed E-state index contributed by atoms with van der Waals surface area (Å²) >= 11 is 6.01. The predicted octanol–water partition coefficient (Wildman–Crippen LogP) is 3.40. The smallest absolute Gasteiger partial charge is 0.150 e. The number of rotatable bonds is 3. The number of benzene rings is 1. The van der Waals surface area contributed by atoms with Gasteiger partial charge in [0.15, 0.2) is 0 Å². The fraction of sp³-hybridized carbons (Fsp3) is 0.267. The average Bonchev–Trinajstić information content (AvgIpc) is 2.76. The number of hydrogen-bond acceptors (Lipinski definition) is 3. The zero-order valence-corrected chi connectivity index (χ0v) is 12.2. The van der Waals surface area contributed by atoms with Crippen LogP contribution in [0.4, 0.5) is 0 Å². The zero-order valence-electron chi connectivity index (χ0n) is 11.5. The lowest BCUT2D eigenvalue weighted by atomic mass is 10.3. The van der Waals surface area contributed by atoms with E-state index >= 15 is 0 Å². The molecule has 0 aliphatic rings. The van der Waals surface area contributed by atoms with Crippen LogP contribution in [0.2, 0.25) is 5.15 Å². The Morgan fingerprint density at radius 2 is 1.95 bits per heavy atom. The molecule has 0 spiro atoms. The summed E-state index contributed by atoms with van der Waals surface area (Å²) in [6.45, 7) is 4.61. The molecule has 0 aliphatic carbocycles. The molecule has 0 aliphatic heterocycles. The molecule has 20 heavy (non-hydrogen) atoms. The molecule has 0 bridgehead atoms. The highest BCUT2D eigenvalue weighted by Crippen LogP contribution is 2.18. The van der Waals surface area contributed by atoms with E-state index in [4.69, 9.17) is 11.6 Å². The van der Waals surface area contributed by atoms with Gasteiger partial charge in [0, 0.05) is 12.1 Å². The molecule has 0 saturated heterocycles. The standard InChI is InChI=1S/C15H15ClN4/c1-3-15-18-11-6-4-5-7-12(11)20(15)9-14-17-10(2)8-13(16)19-14/h4-8H,3,9H2,1-2H3. The Hall–Kier alpha value is -1.94. The summed E-state index contributed by atoms with van der Waals surface area (Å²) in [5, 5.41) is 0.481. The number of imidazole rings is 1. The zero-order chi connectivity index (χ0) is 14.1. The van der Waals surface area contributed by atoms with Crippen molar-refractivity contribution in [3.8, 4) is 0 Å². The number of hydrogen-bond donors (Lipinski definition) is 0. The SMILES string of the molecule is CCc1nc2ccccc2n1Cc1nc(C)cc(Cl)n1. The second-order valence-corrected chi connectivity index (χ2v) is 5.09. The van der Waals surface area contributed by atoms with Crippen LogP contribution in [-0.2, 0) is 13.0 Å². The van der Waals surface area contributed by atoms with Gasteiger partial charge in [-0.05, 0) is 25.1 Å². The van der Waals surface area contributed by atoms with Gasteiger partial charge in [0.2, 0.25) is 0 Å². The van der Waals surface area contributed by atoms with Crippen LogP contribution >= 0.6 is 11.6 Å². The van der Waals surface area contributed by atoms with Crippen LogP contribution in [0.5, 0.6) is 0 Å². The highest BCUT2D eigenvalue weighted by atomic mass is 35.5. The molecule has 102 valence electrons. The number of fused-ring (bicyclic) bond motifs is 1. The number of aromatic nitrogens is 4. The Kier molecular flexibility index (Phi) is 3.40. The van der Waals surface area contributed by atoms with Crippen LogP contribution in [0.15, 0.2) is 30.3 Å². The van der Waals surface area contributed by atoms with Crippen molar-refractivity contribution in [2.45, 2.75) is 26.8 Å². The molecule has 0 atom stereocenters. The second-order valence-electron chi connectivity index (χ2n) is 4.70. The quantitative estimate of drug-likeness (QED) is 0.693. The Morgan fingerprint density at radius 1 is 1.15 bits per heavy atom. The van der Waals surface area contributed by atoms with Crippen molar-refractivity contribution in [1.29, 1.82) is 0 Å². The Morgan fingerprint density at radius 3 is 2.70 bits per heavy atom. The lowest BCUT2D eigenvalue weighted by molar-refractivity contribution is 0.711. The topological polar surface area (TPSA) is 43.6 Å². The third kappa shape index (κ3) is 2.39. The number of nitrogens with zero attached hydrogens (tertiary/aromatic N) is 4. The number of halogens is 1. The Balaban J connectivity index is 2.09. The molecular weight excluding hydrogens is 272 g/mol. The van der Waals surface area contributed by atoms with E-state index in [-0.39, 0.29) is 0 Å². The molecule has 0 saturated carbocycles. The van der Waals surface area contributed by atoms with Crippen molar-refractivity contribution < 1.29 is 0 Å². The van der Waals surface area contributed by atoms with Crippen LogP contribution in [0.25, 0.3) is 11.0 Å². The third-order valence-corrected chi connectivity index (χ3v) is 3.41. The second kappa shape index (κ2) is 5.21. The monoisotopic (exact) mass is 286 g/mol. The van der Waals surface area contributed by atoms with Gasteiger partial charge in [0.25, 0.3) is 0 Å². The molecule has 0 radical (unpaired) electrons. The molecule has 4 nitrogen and oxygen atoms in total. The van der Waals surface area contributed by atoms with E-state index < -0.39 is 0 Å². The summed E-state index contributed by atoms with van der Waals surface area (Å²) in [7, 11) is 0. The number of para-hydroxylation sites is 2. The minimum atomic E-state index is 0.481. The first-order valence-corrected chi connectivity index (χ1v) is 6.99. The molecule has 1 aromatic carbocycles. The summed E-state index contributed by atoms with van der Waals surface area (Å²) in [5.41, 5.74) is 2.98. The van der Waals surface area contributed by atoms with Crippen molar-refractivity contribution >= 4 is 22.6 Å². The van der Waals surface area contributed by atoms with Gasteiger partial charge in [-0.25, -0.2) is 15.0 Å². The van der Waals surface area contributed by atoms with E-state index in [0.717, 1.165) is 29.0 Å². The van der Waals surface area contributed by atoms with E-state index in [1.165, 1.54) is 0 Å². The first-order chi connectivity index (χ1) is 9.67. The maximum atomic E-state index is 6.01. The van der Waals surface area contributed by atoms with Gasteiger partial charge >= 0.3 is 0 Å². The van der Waals surface area contributed by atoms with Crippen molar-refractivity contribution in [1.82, 2.24) is 19.5 Å². The third-order valence-electron chi connectivity index (χ3n) is 3.22.